The van der Waals surface area contributed by atoms with Crippen LogP contribution in [0.5, 0.6) is 0 Å². The molecule has 2 heterocycles. The maximum Gasteiger partial charge on any atom is 0.441 e. The Hall–Kier alpha value is -2.92. The molecule has 0 spiro atoms. The van der Waals surface area contributed by atoms with Crippen LogP contribution in [0.15, 0.2) is 33.5 Å². The molecule has 0 bridgehead atoms. The highest BCUT2D eigenvalue weighted by atomic mass is 16.4. The number of carbonyl (C=O) groups is 1. The standard InChI is InChI=1S/C25H35N5O3/c1-4-5-14-30-15-12-25(17-26,13-16-30)29-23(31)20(11-10-18(2)3)27-22-19-8-6-7-9-21(19)33-24(32)28-22/h6-9,18,20H,4-5,10-16H2,1-3H3,(H,29,31)(H,27,28,32). The van der Waals surface area contributed by atoms with Gasteiger partial charge in [-0.2, -0.15) is 10.2 Å². The van der Waals surface area contributed by atoms with Crippen molar-refractivity contribution in [3.63, 3.8) is 0 Å². The number of nitriles is 1. The number of benzene rings is 1. The second-order valence-electron chi connectivity index (χ2n) is 9.37. The lowest BCUT2D eigenvalue weighted by Gasteiger charge is -2.38. The number of nitrogens with zero attached hydrogens (tertiary/aromatic N) is 3. The van der Waals surface area contributed by atoms with Gasteiger partial charge in [-0.1, -0.05) is 39.3 Å². The van der Waals surface area contributed by atoms with Crippen molar-refractivity contribution in [3.05, 3.63) is 34.8 Å². The van der Waals surface area contributed by atoms with E-state index in [0.29, 0.717) is 42.0 Å². The van der Waals surface area contributed by atoms with Crippen LogP contribution in [0.25, 0.3) is 11.0 Å². The number of anilines is 1. The van der Waals surface area contributed by atoms with Gasteiger partial charge in [0.1, 0.15) is 23.0 Å². The van der Waals surface area contributed by atoms with E-state index in [0.717, 1.165) is 38.9 Å². The molecule has 0 aliphatic carbocycles. The summed E-state index contributed by atoms with van der Waals surface area (Å²) in [6, 6.07) is 8.87. The maximum atomic E-state index is 13.4. The number of carbonyl (C=O) groups excluding carboxylic acids is 1. The molecule has 1 fully saturated rings. The molecule has 1 amide bonds. The normalized spacial score (nSPS) is 16.9. The lowest BCUT2D eigenvalue weighted by molar-refractivity contribution is -0.123. The maximum absolute atomic E-state index is 13.4. The zero-order valence-corrected chi connectivity index (χ0v) is 19.9. The summed E-state index contributed by atoms with van der Waals surface area (Å²) in [5, 5.41) is 16.8. The molecule has 8 nitrogen and oxygen atoms in total. The van der Waals surface area contributed by atoms with E-state index in [-0.39, 0.29) is 5.91 Å². The molecular weight excluding hydrogens is 418 g/mol. The van der Waals surface area contributed by atoms with E-state index in [1.807, 2.05) is 6.07 Å². The number of nitrogens with one attached hydrogen (secondary N) is 2. The molecular formula is C25H35N5O3. The molecule has 1 aliphatic rings. The van der Waals surface area contributed by atoms with E-state index in [2.05, 4.69) is 47.4 Å². The van der Waals surface area contributed by atoms with Crippen LogP contribution >= 0.6 is 0 Å². The second kappa shape index (κ2) is 11.3. The van der Waals surface area contributed by atoms with Gasteiger partial charge in [0.2, 0.25) is 5.91 Å². The van der Waals surface area contributed by atoms with Crippen LogP contribution < -0.4 is 16.4 Å². The Kier molecular flexibility index (Phi) is 8.45. The van der Waals surface area contributed by atoms with Gasteiger partial charge in [-0.15, -0.1) is 0 Å². The predicted molar refractivity (Wildman–Crippen MR) is 129 cm³/mol. The topological polar surface area (TPSA) is 111 Å². The molecule has 8 heteroatoms. The van der Waals surface area contributed by atoms with Gasteiger partial charge < -0.3 is 20.0 Å². The lowest BCUT2D eigenvalue weighted by Crippen LogP contribution is -2.57. The first-order valence-electron chi connectivity index (χ1n) is 12.0. The number of unbranched alkanes of at least 4 members (excludes halogenated alkanes) is 1. The largest absolute Gasteiger partial charge is 0.441 e. The van der Waals surface area contributed by atoms with E-state index in [4.69, 9.17) is 4.42 Å². The highest BCUT2D eigenvalue weighted by Crippen LogP contribution is 2.24. The SMILES string of the molecule is CCCCN1CCC(C#N)(NC(=O)C(CCC(C)C)Nc2nc(=O)oc3ccccc23)CC1. The van der Waals surface area contributed by atoms with Crippen molar-refractivity contribution in [1.82, 2.24) is 15.2 Å². The molecule has 1 atom stereocenters. The van der Waals surface area contributed by atoms with Crippen LogP contribution in [0.4, 0.5) is 5.82 Å². The minimum absolute atomic E-state index is 0.238. The van der Waals surface area contributed by atoms with Crippen LogP contribution in [0, 0.1) is 17.2 Å². The number of amides is 1. The highest BCUT2D eigenvalue weighted by Gasteiger charge is 2.37. The van der Waals surface area contributed by atoms with E-state index in [1.165, 1.54) is 0 Å². The summed E-state index contributed by atoms with van der Waals surface area (Å²) in [5.41, 5.74) is -0.459. The third-order valence-electron chi connectivity index (χ3n) is 6.32. The summed E-state index contributed by atoms with van der Waals surface area (Å²) in [7, 11) is 0. The Labute approximate surface area is 195 Å². The number of rotatable bonds is 10. The quantitative estimate of drug-likeness (QED) is 0.564. The van der Waals surface area contributed by atoms with Crippen LogP contribution in [0.1, 0.15) is 59.3 Å². The Morgan fingerprint density at radius 3 is 2.67 bits per heavy atom. The minimum atomic E-state index is -0.872. The Morgan fingerprint density at radius 1 is 1.27 bits per heavy atom. The summed E-state index contributed by atoms with van der Waals surface area (Å²) in [6.45, 7) is 8.99. The monoisotopic (exact) mass is 453 g/mol. The van der Waals surface area contributed by atoms with Crippen molar-refractivity contribution in [2.24, 2.45) is 5.92 Å². The molecule has 1 aromatic heterocycles. The van der Waals surface area contributed by atoms with Crippen molar-refractivity contribution in [3.8, 4) is 6.07 Å². The van der Waals surface area contributed by atoms with Crippen molar-refractivity contribution in [1.29, 1.82) is 5.26 Å². The third-order valence-corrected chi connectivity index (χ3v) is 6.32. The van der Waals surface area contributed by atoms with Gasteiger partial charge in [0.05, 0.1) is 11.5 Å². The fourth-order valence-corrected chi connectivity index (χ4v) is 4.19. The van der Waals surface area contributed by atoms with E-state index in [9.17, 15) is 14.9 Å². The number of hydrogen-bond donors (Lipinski definition) is 2. The van der Waals surface area contributed by atoms with Crippen molar-refractivity contribution in [2.45, 2.75) is 70.9 Å². The van der Waals surface area contributed by atoms with Gasteiger partial charge >= 0.3 is 5.76 Å². The first-order chi connectivity index (χ1) is 15.9. The molecule has 1 unspecified atom stereocenters. The van der Waals surface area contributed by atoms with Crippen molar-refractivity contribution >= 4 is 22.7 Å². The van der Waals surface area contributed by atoms with Gasteiger partial charge in [0.25, 0.3) is 0 Å². The van der Waals surface area contributed by atoms with Crippen LogP contribution in [0.3, 0.4) is 0 Å². The van der Waals surface area contributed by atoms with Crippen LogP contribution in [-0.4, -0.2) is 47.0 Å². The Balaban J connectivity index is 1.78. The lowest BCUT2D eigenvalue weighted by atomic mass is 9.88. The first-order valence-corrected chi connectivity index (χ1v) is 12.0. The molecule has 1 saturated heterocycles. The first kappa shape index (κ1) is 24.7. The molecule has 0 saturated carbocycles. The number of aromatic nitrogens is 1. The molecule has 0 radical (unpaired) electrons. The van der Waals surface area contributed by atoms with E-state index in [1.54, 1.807) is 18.2 Å². The third kappa shape index (κ3) is 6.55. The summed E-state index contributed by atoms with van der Waals surface area (Å²) >= 11 is 0. The van der Waals surface area contributed by atoms with Gasteiger partial charge in [0, 0.05) is 13.1 Å². The molecule has 33 heavy (non-hydrogen) atoms. The smallest absolute Gasteiger partial charge is 0.408 e. The van der Waals surface area contributed by atoms with E-state index < -0.39 is 17.3 Å². The number of para-hydroxylation sites is 1. The Morgan fingerprint density at radius 2 is 2.00 bits per heavy atom. The average Bonchev–Trinajstić information content (AvgIpc) is 2.80. The van der Waals surface area contributed by atoms with Gasteiger partial charge in [-0.3, -0.25) is 4.79 Å². The van der Waals surface area contributed by atoms with E-state index >= 15 is 0 Å². The molecule has 1 aromatic carbocycles. The summed E-state index contributed by atoms with van der Waals surface area (Å²) in [6.07, 6.45) is 4.86. The average molecular weight is 454 g/mol. The summed E-state index contributed by atoms with van der Waals surface area (Å²) in [5.74, 6) is -0.226. The summed E-state index contributed by atoms with van der Waals surface area (Å²) < 4.78 is 5.18. The highest BCUT2D eigenvalue weighted by molar-refractivity contribution is 5.91. The zero-order valence-electron chi connectivity index (χ0n) is 19.9. The molecule has 1 aliphatic heterocycles. The number of likely N-dealkylation sites (tertiary alicyclic amines) is 1. The van der Waals surface area contributed by atoms with Gasteiger partial charge in [0.15, 0.2) is 0 Å². The molecule has 178 valence electrons. The van der Waals surface area contributed by atoms with Crippen molar-refractivity contribution < 1.29 is 9.21 Å². The fraction of sp³-hybridized carbons (Fsp3) is 0.600. The predicted octanol–water partition coefficient (Wildman–Crippen LogP) is 3.68. The fourth-order valence-electron chi connectivity index (χ4n) is 4.19. The van der Waals surface area contributed by atoms with Crippen molar-refractivity contribution in [2.75, 3.05) is 25.0 Å². The number of piperidine rings is 1. The minimum Gasteiger partial charge on any atom is -0.408 e. The summed E-state index contributed by atoms with van der Waals surface area (Å²) in [4.78, 5) is 31.7. The zero-order chi connectivity index (χ0) is 23.8. The van der Waals surface area contributed by atoms with Crippen LogP contribution in [-0.2, 0) is 4.79 Å². The number of hydrogen-bond acceptors (Lipinski definition) is 7. The van der Waals surface area contributed by atoms with Crippen LogP contribution in [0.2, 0.25) is 0 Å². The number of fused-ring (bicyclic) bond motifs is 1. The molecule has 2 aromatic rings. The van der Waals surface area contributed by atoms with Gasteiger partial charge in [-0.25, -0.2) is 4.79 Å². The Bertz CT molecular complexity index is 1030. The second-order valence-corrected chi connectivity index (χ2v) is 9.37. The van der Waals surface area contributed by atoms with Gasteiger partial charge in [-0.05, 0) is 56.7 Å². The molecule has 2 N–H and O–H groups in total. The molecule has 3 rings (SSSR count).